The third-order valence-electron chi connectivity index (χ3n) is 5.06. The zero-order valence-electron chi connectivity index (χ0n) is 17.1. The third-order valence-corrected chi connectivity index (χ3v) is 5.06. The first kappa shape index (κ1) is 19.8. The molecule has 1 unspecified atom stereocenters. The van der Waals surface area contributed by atoms with Crippen LogP contribution >= 0.6 is 0 Å². The highest BCUT2D eigenvalue weighted by molar-refractivity contribution is 5.95. The van der Waals surface area contributed by atoms with Gasteiger partial charge in [0.05, 0.1) is 17.4 Å². The molecule has 1 aromatic carbocycles. The van der Waals surface area contributed by atoms with Crippen LogP contribution in [0.5, 0.6) is 0 Å². The Hall–Kier alpha value is -3.55. The Kier molecular flexibility index (Phi) is 5.31. The average Bonchev–Trinajstić information content (AvgIpc) is 3.34. The number of fused-ring (bicyclic) bond motifs is 1. The molecule has 0 aliphatic rings. The summed E-state index contributed by atoms with van der Waals surface area (Å²) in [6, 6.07) is 9.87. The summed E-state index contributed by atoms with van der Waals surface area (Å²) in [6.45, 7) is 6.62. The van der Waals surface area contributed by atoms with Crippen molar-refractivity contribution >= 4 is 16.9 Å². The van der Waals surface area contributed by atoms with Gasteiger partial charge in [0.25, 0.3) is 0 Å². The van der Waals surface area contributed by atoms with Crippen LogP contribution in [0.4, 0.5) is 4.39 Å². The minimum Gasteiger partial charge on any atom is -0.346 e. The van der Waals surface area contributed by atoms with Gasteiger partial charge in [0.2, 0.25) is 5.91 Å². The quantitative estimate of drug-likeness (QED) is 0.530. The van der Waals surface area contributed by atoms with Crippen LogP contribution in [-0.4, -0.2) is 30.5 Å². The molecule has 8 heteroatoms. The molecule has 1 amide bonds. The summed E-state index contributed by atoms with van der Waals surface area (Å²) in [6.07, 6.45) is 3.57. The molecular formula is C22H23FN6O. The predicted octanol–water partition coefficient (Wildman–Crippen LogP) is 3.64. The number of carbonyl (C=O) groups is 1. The molecule has 4 aromatic rings. The molecular weight excluding hydrogens is 383 g/mol. The Morgan fingerprint density at radius 3 is 2.63 bits per heavy atom. The van der Waals surface area contributed by atoms with Crippen LogP contribution in [0.3, 0.4) is 0 Å². The fourth-order valence-electron chi connectivity index (χ4n) is 3.54. The van der Waals surface area contributed by atoms with Crippen molar-refractivity contribution in [3.05, 3.63) is 66.0 Å². The van der Waals surface area contributed by atoms with Gasteiger partial charge in [-0.3, -0.25) is 9.48 Å². The zero-order valence-corrected chi connectivity index (χ0v) is 17.1. The maximum atomic E-state index is 13.3. The molecule has 0 bridgehead atoms. The lowest BCUT2D eigenvalue weighted by molar-refractivity contribution is -0.122. The van der Waals surface area contributed by atoms with E-state index in [-0.39, 0.29) is 24.3 Å². The standard InChI is InChI=1S/C22H23FN6O/c1-4-28-12-10-19(27-28)14(2)25-20(30)13-29-22-21(15(3)26-29)18(9-11-24-22)16-5-7-17(23)8-6-16/h5-12,14H,4,13H2,1-3H3,(H,25,30). The maximum Gasteiger partial charge on any atom is 0.242 e. The van der Waals surface area contributed by atoms with Crippen molar-refractivity contribution in [1.29, 1.82) is 0 Å². The molecule has 1 atom stereocenters. The largest absolute Gasteiger partial charge is 0.346 e. The second-order valence-electron chi connectivity index (χ2n) is 7.19. The van der Waals surface area contributed by atoms with Gasteiger partial charge < -0.3 is 5.32 Å². The summed E-state index contributed by atoms with van der Waals surface area (Å²) in [5.74, 6) is -0.460. The van der Waals surface area contributed by atoms with Crippen LogP contribution in [0.2, 0.25) is 0 Å². The Morgan fingerprint density at radius 1 is 1.17 bits per heavy atom. The van der Waals surface area contributed by atoms with E-state index in [1.165, 1.54) is 12.1 Å². The van der Waals surface area contributed by atoms with E-state index in [0.717, 1.165) is 34.4 Å². The third kappa shape index (κ3) is 3.80. The van der Waals surface area contributed by atoms with Crippen LogP contribution in [-0.2, 0) is 17.9 Å². The number of benzene rings is 1. The maximum absolute atomic E-state index is 13.3. The predicted molar refractivity (Wildman–Crippen MR) is 112 cm³/mol. The lowest BCUT2D eigenvalue weighted by Crippen LogP contribution is -2.30. The monoisotopic (exact) mass is 406 g/mol. The molecule has 0 saturated heterocycles. The van der Waals surface area contributed by atoms with Gasteiger partial charge in [-0.05, 0) is 56.2 Å². The molecule has 1 N–H and O–H groups in total. The average molecular weight is 406 g/mol. The molecule has 0 saturated carbocycles. The van der Waals surface area contributed by atoms with E-state index in [4.69, 9.17) is 0 Å². The Bertz CT molecular complexity index is 1190. The van der Waals surface area contributed by atoms with Crippen LogP contribution < -0.4 is 5.32 Å². The summed E-state index contributed by atoms with van der Waals surface area (Å²) in [5, 5.41) is 12.8. The normalized spacial score (nSPS) is 12.3. The first-order chi connectivity index (χ1) is 14.5. The number of amides is 1. The number of halogens is 1. The smallest absolute Gasteiger partial charge is 0.242 e. The highest BCUT2D eigenvalue weighted by Crippen LogP contribution is 2.29. The minimum absolute atomic E-state index is 0.0447. The fourth-order valence-corrected chi connectivity index (χ4v) is 3.54. The number of nitrogens with one attached hydrogen (secondary N) is 1. The van der Waals surface area contributed by atoms with Crippen molar-refractivity contribution in [3.8, 4) is 11.1 Å². The lowest BCUT2D eigenvalue weighted by Gasteiger charge is -2.12. The van der Waals surface area contributed by atoms with E-state index in [0.29, 0.717) is 5.65 Å². The lowest BCUT2D eigenvalue weighted by atomic mass is 10.0. The highest BCUT2D eigenvalue weighted by atomic mass is 19.1. The molecule has 0 fully saturated rings. The van der Waals surface area contributed by atoms with Crippen LogP contribution in [0.15, 0.2) is 48.8 Å². The van der Waals surface area contributed by atoms with Crippen LogP contribution in [0.25, 0.3) is 22.2 Å². The number of nitrogens with zero attached hydrogens (tertiary/aromatic N) is 5. The Morgan fingerprint density at radius 2 is 1.93 bits per heavy atom. The number of rotatable bonds is 6. The molecule has 0 spiro atoms. The summed E-state index contributed by atoms with van der Waals surface area (Å²) in [7, 11) is 0. The number of hydrogen-bond acceptors (Lipinski definition) is 4. The van der Waals surface area contributed by atoms with Gasteiger partial charge >= 0.3 is 0 Å². The molecule has 3 heterocycles. The van der Waals surface area contributed by atoms with Crippen molar-refractivity contribution < 1.29 is 9.18 Å². The van der Waals surface area contributed by atoms with Crippen LogP contribution in [0.1, 0.15) is 31.3 Å². The van der Waals surface area contributed by atoms with Gasteiger partial charge in [-0.1, -0.05) is 12.1 Å². The summed E-state index contributed by atoms with van der Waals surface area (Å²) < 4.78 is 16.7. The second kappa shape index (κ2) is 8.06. The first-order valence-corrected chi connectivity index (χ1v) is 9.87. The SMILES string of the molecule is CCn1ccc(C(C)NC(=O)Cn2nc(C)c3c(-c4ccc(F)cc4)ccnc32)n1. The first-order valence-electron chi connectivity index (χ1n) is 9.87. The summed E-state index contributed by atoms with van der Waals surface area (Å²) in [4.78, 5) is 17.1. The molecule has 154 valence electrons. The van der Waals surface area contributed by atoms with E-state index in [1.54, 1.807) is 23.0 Å². The number of pyridine rings is 1. The molecule has 7 nitrogen and oxygen atoms in total. The fraction of sp³-hybridized carbons (Fsp3) is 0.273. The Balaban J connectivity index is 1.58. The van der Waals surface area contributed by atoms with Crippen molar-refractivity contribution in [2.45, 2.75) is 39.9 Å². The number of aromatic nitrogens is 5. The minimum atomic E-state index is -0.286. The van der Waals surface area contributed by atoms with Gasteiger partial charge in [0.1, 0.15) is 12.4 Å². The summed E-state index contributed by atoms with van der Waals surface area (Å²) >= 11 is 0. The molecule has 30 heavy (non-hydrogen) atoms. The van der Waals surface area contributed by atoms with Crippen molar-refractivity contribution in [2.75, 3.05) is 0 Å². The molecule has 0 aliphatic heterocycles. The van der Waals surface area contributed by atoms with Crippen molar-refractivity contribution in [1.82, 2.24) is 29.9 Å². The van der Waals surface area contributed by atoms with Gasteiger partial charge in [-0.25, -0.2) is 14.1 Å². The zero-order chi connectivity index (χ0) is 21.3. The van der Waals surface area contributed by atoms with E-state index >= 15 is 0 Å². The van der Waals surface area contributed by atoms with E-state index < -0.39 is 0 Å². The Labute approximate surface area is 173 Å². The topological polar surface area (TPSA) is 77.6 Å². The van der Waals surface area contributed by atoms with Gasteiger partial charge in [-0.2, -0.15) is 10.2 Å². The number of hydrogen-bond donors (Lipinski definition) is 1. The van der Waals surface area contributed by atoms with Crippen LogP contribution in [0, 0.1) is 12.7 Å². The van der Waals surface area contributed by atoms with Gasteiger partial charge in [0.15, 0.2) is 5.65 Å². The van der Waals surface area contributed by atoms with E-state index in [9.17, 15) is 9.18 Å². The summed E-state index contributed by atoms with van der Waals surface area (Å²) in [5.41, 5.74) is 3.97. The second-order valence-corrected chi connectivity index (χ2v) is 7.19. The molecule has 0 radical (unpaired) electrons. The van der Waals surface area contributed by atoms with Crippen molar-refractivity contribution in [3.63, 3.8) is 0 Å². The number of carbonyl (C=O) groups excluding carboxylic acids is 1. The van der Waals surface area contributed by atoms with Gasteiger partial charge in [-0.15, -0.1) is 0 Å². The van der Waals surface area contributed by atoms with Crippen molar-refractivity contribution in [2.24, 2.45) is 0 Å². The van der Waals surface area contributed by atoms with E-state index in [2.05, 4.69) is 20.5 Å². The molecule has 3 aromatic heterocycles. The van der Waals surface area contributed by atoms with Gasteiger partial charge in [0, 0.05) is 24.3 Å². The number of aryl methyl sites for hydroxylation is 2. The molecule has 0 aliphatic carbocycles. The highest BCUT2D eigenvalue weighted by Gasteiger charge is 2.18. The molecule has 4 rings (SSSR count). The van der Waals surface area contributed by atoms with E-state index in [1.807, 2.05) is 43.8 Å².